The largest absolute Gasteiger partial charge is 0.373 e. The normalized spacial score (nSPS) is 17.3. The third kappa shape index (κ3) is 2.95. The highest BCUT2D eigenvalue weighted by Gasteiger charge is 2.14. The van der Waals surface area contributed by atoms with Gasteiger partial charge >= 0.3 is 0 Å². The highest BCUT2D eigenvalue weighted by Crippen LogP contribution is 2.22. The number of anilines is 1. The fraction of sp³-hybridized carbons (Fsp3) is 0.615. The number of hydrogen-bond acceptors (Lipinski definition) is 3. The lowest BCUT2D eigenvalue weighted by molar-refractivity contribution is 0.0170. The molecule has 1 aromatic rings. The minimum atomic E-state index is 0.457. The monoisotopic (exact) mass is 220 g/mol. The van der Waals surface area contributed by atoms with Gasteiger partial charge in [-0.15, -0.1) is 0 Å². The summed E-state index contributed by atoms with van der Waals surface area (Å²) in [6, 6.07) is 4.03. The predicted octanol–water partition coefficient (Wildman–Crippen LogP) is 2.97. The summed E-state index contributed by atoms with van der Waals surface area (Å²) >= 11 is 0. The molecule has 3 nitrogen and oxygen atoms in total. The summed E-state index contributed by atoms with van der Waals surface area (Å²) in [4.78, 5) is 4.27. The fourth-order valence-electron chi connectivity index (χ4n) is 2.22. The van der Waals surface area contributed by atoms with E-state index in [1.54, 1.807) is 6.20 Å². The van der Waals surface area contributed by atoms with Crippen LogP contribution in [0.2, 0.25) is 0 Å². The zero-order chi connectivity index (χ0) is 11.2. The molecule has 0 aliphatic heterocycles. The summed E-state index contributed by atoms with van der Waals surface area (Å²) < 4.78 is 5.93. The number of ether oxygens (including phenoxy) is 1. The Bertz CT molecular complexity index is 321. The van der Waals surface area contributed by atoms with Crippen LogP contribution >= 0.6 is 0 Å². The first-order chi connectivity index (χ1) is 7.90. The van der Waals surface area contributed by atoms with Crippen molar-refractivity contribution in [3.8, 4) is 0 Å². The van der Waals surface area contributed by atoms with Crippen molar-refractivity contribution >= 4 is 5.82 Å². The van der Waals surface area contributed by atoms with Crippen molar-refractivity contribution in [2.75, 3.05) is 12.4 Å². The van der Waals surface area contributed by atoms with Gasteiger partial charge in [-0.05, 0) is 18.9 Å². The lowest BCUT2D eigenvalue weighted by Crippen LogP contribution is -2.16. The Balaban J connectivity index is 1.88. The molecule has 1 fully saturated rings. The summed E-state index contributed by atoms with van der Waals surface area (Å²) in [5.41, 5.74) is 1.15. The molecule has 0 saturated heterocycles. The van der Waals surface area contributed by atoms with Gasteiger partial charge in [0.1, 0.15) is 5.82 Å². The van der Waals surface area contributed by atoms with Crippen molar-refractivity contribution in [3.05, 3.63) is 23.9 Å². The molecule has 0 atom stereocenters. The Morgan fingerprint density at radius 3 is 2.94 bits per heavy atom. The second kappa shape index (κ2) is 5.85. The molecule has 16 heavy (non-hydrogen) atoms. The number of rotatable bonds is 4. The molecule has 0 bridgehead atoms. The van der Waals surface area contributed by atoms with E-state index in [4.69, 9.17) is 4.74 Å². The van der Waals surface area contributed by atoms with Crippen LogP contribution in [-0.2, 0) is 11.3 Å². The smallest absolute Gasteiger partial charge is 0.131 e. The van der Waals surface area contributed by atoms with Gasteiger partial charge < -0.3 is 10.1 Å². The molecule has 1 saturated carbocycles. The molecule has 1 aliphatic rings. The van der Waals surface area contributed by atoms with Crippen LogP contribution in [0.5, 0.6) is 0 Å². The minimum Gasteiger partial charge on any atom is -0.373 e. The summed E-state index contributed by atoms with van der Waals surface area (Å²) in [5, 5.41) is 3.09. The van der Waals surface area contributed by atoms with Crippen molar-refractivity contribution in [1.82, 2.24) is 4.98 Å². The Labute approximate surface area is 97.2 Å². The number of pyridine rings is 1. The SMILES string of the molecule is CNc1ncccc1COC1CCCCC1. The quantitative estimate of drug-likeness (QED) is 0.847. The lowest BCUT2D eigenvalue weighted by Gasteiger charge is -2.22. The first-order valence-electron chi connectivity index (χ1n) is 6.13. The Morgan fingerprint density at radius 1 is 1.38 bits per heavy atom. The average molecular weight is 220 g/mol. The Hall–Kier alpha value is -1.09. The van der Waals surface area contributed by atoms with Gasteiger partial charge in [0.05, 0.1) is 12.7 Å². The fourth-order valence-corrected chi connectivity index (χ4v) is 2.22. The van der Waals surface area contributed by atoms with E-state index in [1.807, 2.05) is 13.1 Å². The van der Waals surface area contributed by atoms with Crippen LogP contribution < -0.4 is 5.32 Å². The summed E-state index contributed by atoms with van der Waals surface area (Å²) in [5.74, 6) is 0.929. The van der Waals surface area contributed by atoms with E-state index in [0.29, 0.717) is 12.7 Å². The van der Waals surface area contributed by atoms with Crippen LogP contribution in [-0.4, -0.2) is 18.1 Å². The highest BCUT2D eigenvalue weighted by molar-refractivity contribution is 5.42. The summed E-state index contributed by atoms with van der Waals surface area (Å²) in [7, 11) is 1.90. The number of aromatic nitrogens is 1. The zero-order valence-corrected chi connectivity index (χ0v) is 9.91. The lowest BCUT2D eigenvalue weighted by atomic mass is 9.98. The molecule has 0 unspecified atom stereocenters. The van der Waals surface area contributed by atoms with Crippen LogP contribution in [0.25, 0.3) is 0 Å². The first kappa shape index (κ1) is 11.4. The van der Waals surface area contributed by atoms with E-state index < -0.39 is 0 Å². The number of nitrogens with zero attached hydrogens (tertiary/aromatic N) is 1. The molecule has 0 aromatic carbocycles. The van der Waals surface area contributed by atoms with Crippen LogP contribution in [0.3, 0.4) is 0 Å². The van der Waals surface area contributed by atoms with Gasteiger partial charge in [0.2, 0.25) is 0 Å². The minimum absolute atomic E-state index is 0.457. The molecule has 1 aromatic heterocycles. The van der Waals surface area contributed by atoms with Gasteiger partial charge in [-0.1, -0.05) is 25.3 Å². The molecule has 0 spiro atoms. The van der Waals surface area contributed by atoms with Crippen molar-refractivity contribution < 1.29 is 4.74 Å². The summed E-state index contributed by atoms with van der Waals surface area (Å²) in [6.07, 6.45) is 8.70. The van der Waals surface area contributed by atoms with Crippen molar-refractivity contribution in [2.24, 2.45) is 0 Å². The standard InChI is InChI=1S/C13H20N2O/c1-14-13-11(6-5-9-15-13)10-16-12-7-3-2-4-8-12/h5-6,9,12H,2-4,7-8,10H2,1H3,(H,14,15). The number of hydrogen-bond donors (Lipinski definition) is 1. The van der Waals surface area contributed by atoms with Gasteiger partial charge in [0.25, 0.3) is 0 Å². The highest BCUT2D eigenvalue weighted by atomic mass is 16.5. The molecular formula is C13H20N2O. The molecule has 0 amide bonds. The van der Waals surface area contributed by atoms with Crippen LogP contribution in [0.1, 0.15) is 37.7 Å². The maximum Gasteiger partial charge on any atom is 0.131 e. The molecule has 0 radical (unpaired) electrons. The molecule has 88 valence electrons. The molecule has 3 heteroatoms. The van der Waals surface area contributed by atoms with Gasteiger partial charge in [-0.2, -0.15) is 0 Å². The predicted molar refractivity (Wildman–Crippen MR) is 65.4 cm³/mol. The van der Waals surface area contributed by atoms with Gasteiger partial charge in [0, 0.05) is 18.8 Å². The zero-order valence-electron chi connectivity index (χ0n) is 9.91. The van der Waals surface area contributed by atoms with Crippen molar-refractivity contribution in [3.63, 3.8) is 0 Å². The second-order valence-electron chi connectivity index (χ2n) is 4.33. The van der Waals surface area contributed by atoms with Crippen LogP contribution in [0.15, 0.2) is 18.3 Å². The molecule has 1 N–H and O–H groups in total. The van der Waals surface area contributed by atoms with Crippen LogP contribution in [0.4, 0.5) is 5.82 Å². The molecule has 2 rings (SSSR count). The van der Waals surface area contributed by atoms with E-state index in [0.717, 1.165) is 11.4 Å². The Morgan fingerprint density at radius 2 is 2.19 bits per heavy atom. The van der Waals surface area contributed by atoms with E-state index in [9.17, 15) is 0 Å². The maximum atomic E-state index is 5.93. The topological polar surface area (TPSA) is 34.2 Å². The molecule has 1 aliphatic carbocycles. The van der Waals surface area contributed by atoms with E-state index in [1.165, 1.54) is 32.1 Å². The van der Waals surface area contributed by atoms with E-state index in [-0.39, 0.29) is 0 Å². The van der Waals surface area contributed by atoms with Gasteiger partial charge in [-0.3, -0.25) is 0 Å². The first-order valence-corrected chi connectivity index (χ1v) is 6.13. The molecular weight excluding hydrogens is 200 g/mol. The van der Waals surface area contributed by atoms with Crippen molar-refractivity contribution in [2.45, 2.75) is 44.8 Å². The van der Waals surface area contributed by atoms with E-state index in [2.05, 4.69) is 16.4 Å². The maximum absolute atomic E-state index is 5.93. The van der Waals surface area contributed by atoms with Gasteiger partial charge in [0.15, 0.2) is 0 Å². The average Bonchev–Trinajstić information content (AvgIpc) is 2.38. The third-order valence-corrected chi connectivity index (χ3v) is 3.15. The van der Waals surface area contributed by atoms with Gasteiger partial charge in [-0.25, -0.2) is 4.98 Å². The van der Waals surface area contributed by atoms with E-state index >= 15 is 0 Å². The summed E-state index contributed by atoms with van der Waals surface area (Å²) in [6.45, 7) is 0.675. The molecule has 1 heterocycles. The number of nitrogens with one attached hydrogen (secondary N) is 1. The second-order valence-corrected chi connectivity index (χ2v) is 4.33. The Kier molecular flexibility index (Phi) is 4.17. The van der Waals surface area contributed by atoms with Crippen molar-refractivity contribution in [1.29, 1.82) is 0 Å². The third-order valence-electron chi connectivity index (χ3n) is 3.15. The van der Waals surface area contributed by atoms with Crippen LogP contribution in [0, 0.1) is 0 Å².